The molecule has 1 aliphatic rings. The highest BCUT2D eigenvalue weighted by atomic mass is 16.4. The minimum absolute atomic E-state index is 0.00361. The summed E-state index contributed by atoms with van der Waals surface area (Å²) in [7, 11) is 0. The third-order valence-corrected chi connectivity index (χ3v) is 4.09. The normalized spacial score (nSPS) is 18.0. The minimum atomic E-state index is -1.15. The van der Waals surface area contributed by atoms with Crippen LogP contribution < -0.4 is 5.32 Å². The van der Waals surface area contributed by atoms with Gasteiger partial charge in [0, 0.05) is 6.54 Å². The topological polar surface area (TPSA) is 97.1 Å². The van der Waals surface area contributed by atoms with Gasteiger partial charge in [0.05, 0.1) is 6.20 Å². The summed E-state index contributed by atoms with van der Waals surface area (Å²) in [5.41, 5.74) is 0.0133. The summed E-state index contributed by atoms with van der Waals surface area (Å²) in [5.74, 6) is -1.31. The van der Waals surface area contributed by atoms with E-state index in [0.29, 0.717) is 6.54 Å². The second-order valence-electron chi connectivity index (χ2n) is 6.11. The van der Waals surface area contributed by atoms with Gasteiger partial charge in [-0.1, -0.05) is 37.8 Å². The van der Waals surface area contributed by atoms with Gasteiger partial charge in [0.15, 0.2) is 5.69 Å². The lowest BCUT2D eigenvalue weighted by atomic mass is 9.82. The largest absolute Gasteiger partial charge is 0.476 e. The van der Waals surface area contributed by atoms with E-state index in [1.54, 1.807) is 0 Å². The summed E-state index contributed by atoms with van der Waals surface area (Å²) in [5, 5.41) is 18.8. The Labute approximate surface area is 123 Å². The van der Waals surface area contributed by atoms with Crippen LogP contribution in [-0.4, -0.2) is 38.5 Å². The molecular formula is C14H22N4O3. The molecule has 2 N–H and O–H groups in total. The van der Waals surface area contributed by atoms with Crippen LogP contribution in [0.3, 0.4) is 0 Å². The van der Waals surface area contributed by atoms with E-state index in [-0.39, 0.29) is 23.6 Å². The number of hydrogen-bond donors (Lipinski definition) is 2. The van der Waals surface area contributed by atoms with Gasteiger partial charge in [-0.3, -0.25) is 4.79 Å². The Bertz CT molecular complexity index is 504. The molecule has 0 aromatic carbocycles. The number of rotatable bonds is 5. The fourth-order valence-electron chi connectivity index (χ4n) is 2.75. The van der Waals surface area contributed by atoms with E-state index < -0.39 is 5.97 Å². The van der Waals surface area contributed by atoms with Crippen LogP contribution in [0.5, 0.6) is 0 Å². The molecule has 21 heavy (non-hydrogen) atoms. The molecule has 0 aliphatic heterocycles. The molecule has 1 fully saturated rings. The minimum Gasteiger partial charge on any atom is -0.476 e. The van der Waals surface area contributed by atoms with Crippen molar-refractivity contribution in [3.05, 3.63) is 11.9 Å². The van der Waals surface area contributed by atoms with E-state index in [0.717, 1.165) is 12.8 Å². The number of carboxylic acid groups (broad SMARTS) is 1. The molecule has 0 saturated heterocycles. The van der Waals surface area contributed by atoms with Crippen LogP contribution >= 0.6 is 0 Å². The predicted molar refractivity (Wildman–Crippen MR) is 75.8 cm³/mol. The zero-order valence-corrected chi connectivity index (χ0v) is 12.3. The van der Waals surface area contributed by atoms with Crippen molar-refractivity contribution < 1.29 is 14.7 Å². The van der Waals surface area contributed by atoms with Crippen LogP contribution in [-0.2, 0) is 11.3 Å². The van der Waals surface area contributed by atoms with Crippen molar-refractivity contribution >= 4 is 11.9 Å². The Kier molecular flexibility index (Phi) is 4.93. The summed E-state index contributed by atoms with van der Waals surface area (Å²) >= 11 is 0. The van der Waals surface area contributed by atoms with Crippen LogP contribution in [0.1, 0.15) is 55.9 Å². The lowest BCUT2D eigenvalue weighted by molar-refractivity contribution is -0.122. The van der Waals surface area contributed by atoms with E-state index in [9.17, 15) is 9.59 Å². The van der Waals surface area contributed by atoms with Gasteiger partial charge in [0.25, 0.3) is 0 Å². The molecule has 7 heteroatoms. The second-order valence-corrected chi connectivity index (χ2v) is 6.11. The number of aromatic nitrogens is 3. The van der Waals surface area contributed by atoms with Gasteiger partial charge < -0.3 is 10.4 Å². The van der Waals surface area contributed by atoms with Gasteiger partial charge in [-0.05, 0) is 18.3 Å². The Hall–Kier alpha value is -1.92. The molecule has 0 radical (unpaired) electrons. The van der Waals surface area contributed by atoms with Crippen LogP contribution in [0.15, 0.2) is 6.20 Å². The average molecular weight is 294 g/mol. The maximum Gasteiger partial charge on any atom is 0.358 e. The molecule has 2 rings (SSSR count). The predicted octanol–water partition coefficient (Wildman–Crippen LogP) is 1.45. The van der Waals surface area contributed by atoms with Crippen molar-refractivity contribution in [3.63, 3.8) is 0 Å². The Morgan fingerprint density at radius 3 is 2.57 bits per heavy atom. The number of hydrogen-bond acceptors (Lipinski definition) is 4. The monoisotopic (exact) mass is 294 g/mol. The lowest BCUT2D eigenvalue weighted by Crippen LogP contribution is -2.37. The molecular weight excluding hydrogens is 272 g/mol. The number of aromatic carboxylic acids is 1. The van der Waals surface area contributed by atoms with Crippen molar-refractivity contribution in [1.29, 1.82) is 0 Å². The summed E-state index contributed by atoms with van der Waals surface area (Å²) in [6.45, 7) is 2.87. The first kappa shape index (κ1) is 15.5. The molecule has 0 bridgehead atoms. The quantitative estimate of drug-likeness (QED) is 0.801. The smallest absolute Gasteiger partial charge is 0.358 e. The van der Waals surface area contributed by atoms with Crippen molar-refractivity contribution in [3.8, 4) is 0 Å². The summed E-state index contributed by atoms with van der Waals surface area (Å²) < 4.78 is 1.24. The molecule has 0 unspecified atom stereocenters. The van der Waals surface area contributed by atoms with Crippen molar-refractivity contribution in [1.82, 2.24) is 20.3 Å². The van der Waals surface area contributed by atoms with Crippen LogP contribution in [0.25, 0.3) is 0 Å². The maximum atomic E-state index is 11.9. The highest BCUT2D eigenvalue weighted by Crippen LogP contribution is 2.33. The molecule has 7 nitrogen and oxygen atoms in total. The van der Waals surface area contributed by atoms with Gasteiger partial charge in [-0.15, -0.1) is 5.10 Å². The summed E-state index contributed by atoms with van der Waals surface area (Å²) in [6, 6.07) is 0. The molecule has 1 amide bonds. The second kappa shape index (κ2) is 6.69. The average Bonchev–Trinajstić information content (AvgIpc) is 2.79. The molecule has 0 spiro atoms. The number of nitrogens with one attached hydrogen (secondary N) is 1. The first-order valence-electron chi connectivity index (χ1n) is 7.39. The number of carboxylic acids is 1. The van der Waals surface area contributed by atoms with Crippen molar-refractivity contribution in [2.45, 2.75) is 52.0 Å². The van der Waals surface area contributed by atoms with Gasteiger partial charge in [-0.25, -0.2) is 9.48 Å². The summed E-state index contributed by atoms with van der Waals surface area (Å²) in [4.78, 5) is 22.6. The van der Waals surface area contributed by atoms with Crippen LogP contribution in [0.2, 0.25) is 0 Å². The SMILES string of the molecule is CC1(CNC(=O)Cn2cc(C(=O)O)nn2)CCCCCC1. The van der Waals surface area contributed by atoms with Crippen molar-refractivity contribution in [2.24, 2.45) is 5.41 Å². The fraction of sp³-hybridized carbons (Fsp3) is 0.714. The lowest BCUT2D eigenvalue weighted by Gasteiger charge is -2.28. The summed E-state index contributed by atoms with van der Waals surface area (Å²) in [6.07, 6.45) is 8.53. The van der Waals surface area contributed by atoms with E-state index >= 15 is 0 Å². The highest BCUT2D eigenvalue weighted by Gasteiger charge is 2.26. The van der Waals surface area contributed by atoms with Gasteiger partial charge >= 0.3 is 5.97 Å². The molecule has 1 aromatic rings. The van der Waals surface area contributed by atoms with E-state index in [2.05, 4.69) is 22.6 Å². The first-order valence-corrected chi connectivity index (χ1v) is 7.39. The standard InChI is InChI=1S/C14H22N4O3/c1-14(6-4-2-3-5-7-14)10-15-12(19)9-18-8-11(13(20)21)16-17-18/h8H,2-7,9-10H2,1H3,(H,15,19)(H,20,21). The van der Waals surface area contributed by atoms with E-state index in [4.69, 9.17) is 5.11 Å². The van der Waals surface area contributed by atoms with Crippen LogP contribution in [0, 0.1) is 5.41 Å². The number of carbonyl (C=O) groups excluding carboxylic acids is 1. The number of amides is 1. The zero-order valence-electron chi connectivity index (χ0n) is 12.3. The third kappa shape index (κ3) is 4.54. The van der Waals surface area contributed by atoms with Gasteiger partial charge in [-0.2, -0.15) is 0 Å². The Balaban J connectivity index is 1.82. The van der Waals surface area contributed by atoms with Crippen molar-refractivity contribution in [2.75, 3.05) is 6.54 Å². The molecule has 0 atom stereocenters. The molecule has 1 aromatic heterocycles. The third-order valence-electron chi connectivity index (χ3n) is 4.09. The fourth-order valence-corrected chi connectivity index (χ4v) is 2.75. The van der Waals surface area contributed by atoms with E-state index in [1.165, 1.54) is 36.6 Å². The molecule has 116 valence electrons. The molecule has 1 heterocycles. The highest BCUT2D eigenvalue weighted by molar-refractivity contribution is 5.84. The Morgan fingerprint density at radius 2 is 2.00 bits per heavy atom. The van der Waals surface area contributed by atoms with Gasteiger partial charge in [0.2, 0.25) is 5.91 Å². The van der Waals surface area contributed by atoms with Gasteiger partial charge in [0.1, 0.15) is 6.54 Å². The molecule has 1 aliphatic carbocycles. The van der Waals surface area contributed by atoms with E-state index in [1.807, 2.05) is 0 Å². The molecule has 1 saturated carbocycles. The first-order chi connectivity index (χ1) is 9.98. The Morgan fingerprint density at radius 1 is 1.33 bits per heavy atom. The number of nitrogens with zero attached hydrogens (tertiary/aromatic N) is 3. The maximum absolute atomic E-state index is 11.9. The zero-order chi connectivity index (χ0) is 15.3. The van der Waals surface area contributed by atoms with Crippen LogP contribution in [0.4, 0.5) is 0 Å². The number of carbonyl (C=O) groups is 2.